The molecule has 0 spiro atoms. The van der Waals surface area contributed by atoms with Gasteiger partial charge in [0.15, 0.2) is 0 Å². The minimum absolute atomic E-state index is 0.0213. The van der Waals surface area contributed by atoms with Crippen LogP contribution in [0.25, 0.3) is 0 Å². The van der Waals surface area contributed by atoms with Gasteiger partial charge in [-0.05, 0) is 0 Å². The van der Waals surface area contributed by atoms with Crippen molar-refractivity contribution in [2.24, 2.45) is 0 Å². The number of rotatable bonds is 5. The van der Waals surface area contributed by atoms with Crippen molar-refractivity contribution in [1.29, 1.82) is 0 Å². The second-order valence-corrected chi connectivity index (χ2v) is 13.1. The van der Waals surface area contributed by atoms with Crippen molar-refractivity contribution in [1.82, 2.24) is 12.9 Å². The number of nitrogens with zero attached hydrogens (tertiary/aromatic N) is 3. The van der Waals surface area contributed by atoms with Crippen molar-refractivity contribution in [3.05, 3.63) is 33.8 Å². The number of hydrogen-bond acceptors (Lipinski definition) is 5. The summed E-state index contributed by atoms with van der Waals surface area (Å²) in [6, 6.07) is 5.15. The van der Waals surface area contributed by atoms with Crippen molar-refractivity contribution in [2.45, 2.75) is 41.7 Å². The number of piperazine rings is 1. The van der Waals surface area contributed by atoms with Crippen LogP contribution in [0.4, 0.5) is 0 Å². The van der Waals surface area contributed by atoms with Gasteiger partial charge in [0.2, 0.25) is 0 Å². The number of ether oxygens (including phenoxy) is 1. The van der Waals surface area contributed by atoms with Gasteiger partial charge in [0.25, 0.3) is 0 Å². The molecular weight excluding hydrogens is 568 g/mol. The van der Waals surface area contributed by atoms with Crippen LogP contribution >= 0.6 is 23.2 Å². The molecule has 4 rings (SSSR count). The topological polar surface area (TPSA) is 73.3 Å². The molecule has 3 aliphatic heterocycles. The van der Waals surface area contributed by atoms with E-state index in [0.29, 0.717) is 36.3 Å². The van der Waals surface area contributed by atoms with Crippen LogP contribution in [-0.2, 0) is 20.7 Å². The summed E-state index contributed by atoms with van der Waals surface area (Å²) >= 11 is 11.8. The molecule has 1 N–H and O–H groups in total. The van der Waals surface area contributed by atoms with Gasteiger partial charge >= 0.3 is 210 Å². The zero-order valence-electron chi connectivity index (χ0n) is 18.1. The molecule has 178 valence electrons. The van der Waals surface area contributed by atoms with Gasteiger partial charge in [-0.25, -0.2) is 0 Å². The minimum atomic E-state index is -0.659. The van der Waals surface area contributed by atoms with Crippen LogP contribution in [0.15, 0.2) is 18.2 Å². The predicted octanol–water partition coefficient (Wildman–Crippen LogP) is -1.18. The molecule has 10 heteroatoms. The molecule has 3 heterocycles. The summed E-state index contributed by atoms with van der Waals surface area (Å²) in [7, 11) is 0. The Morgan fingerprint density at radius 2 is 1.91 bits per heavy atom. The number of hydrogen-bond donors (Lipinski definition) is 1. The van der Waals surface area contributed by atoms with E-state index < -0.39 is 12.1 Å². The Morgan fingerprint density at radius 1 is 1.16 bits per heavy atom. The number of benzene rings is 1. The molecule has 1 aromatic rings. The van der Waals surface area contributed by atoms with Crippen molar-refractivity contribution in [3.8, 4) is 0 Å². The first kappa shape index (κ1) is 24.5. The third-order valence-corrected chi connectivity index (χ3v) is 10.8. The van der Waals surface area contributed by atoms with E-state index in [0.717, 1.165) is 18.7 Å². The van der Waals surface area contributed by atoms with E-state index in [1.54, 1.807) is 17.0 Å². The van der Waals surface area contributed by atoms with Gasteiger partial charge in [0, 0.05) is 0 Å². The normalized spacial score (nSPS) is 28.8. The number of fused-ring (bicyclic) bond motifs is 1. The van der Waals surface area contributed by atoms with E-state index in [2.05, 4.69) is 3.11 Å². The summed E-state index contributed by atoms with van der Waals surface area (Å²) in [5.41, 5.74) is 0.158. The average molecular weight is 597 g/mol. The number of amides is 2. The average Bonchev–Trinajstić information content (AvgIpc) is 3.28. The Morgan fingerprint density at radius 3 is 2.59 bits per heavy atom. The Bertz CT molecular complexity index is 870. The molecule has 0 radical (unpaired) electrons. The van der Waals surface area contributed by atoms with Crippen LogP contribution in [-0.4, -0.2) is 91.3 Å². The number of halogens is 3. The molecule has 0 bridgehead atoms. The third-order valence-electron chi connectivity index (χ3n) is 6.58. The zero-order chi connectivity index (χ0) is 22.9. The monoisotopic (exact) mass is 596 g/mol. The van der Waals surface area contributed by atoms with Gasteiger partial charge in [0.05, 0.1) is 0 Å². The summed E-state index contributed by atoms with van der Waals surface area (Å²) in [6.45, 7) is 5.47. The molecule has 0 aliphatic carbocycles. The van der Waals surface area contributed by atoms with E-state index in [4.69, 9.17) is 27.9 Å². The van der Waals surface area contributed by atoms with Gasteiger partial charge < -0.3 is 0 Å². The molecule has 7 nitrogen and oxygen atoms in total. The van der Waals surface area contributed by atoms with Crippen molar-refractivity contribution >= 4 is 35.0 Å². The van der Waals surface area contributed by atoms with Crippen molar-refractivity contribution < 1.29 is 40.9 Å². The SMILES string of the molecule is CC12COCC([I-]N3CCCC3)C1N(C(=O)Cc1ccc(Cl)c(Cl)c1)CCN2C(=O)CO. The van der Waals surface area contributed by atoms with E-state index in [1.807, 2.05) is 17.9 Å². The zero-order valence-corrected chi connectivity index (χ0v) is 21.8. The van der Waals surface area contributed by atoms with Crippen LogP contribution in [0.3, 0.4) is 0 Å². The molecule has 0 aromatic heterocycles. The molecular formula is C22H29Cl2IN3O4-. The van der Waals surface area contributed by atoms with Gasteiger partial charge in [-0.3, -0.25) is 0 Å². The van der Waals surface area contributed by atoms with Crippen LogP contribution in [0.1, 0.15) is 25.3 Å². The first-order valence-electron chi connectivity index (χ1n) is 10.9. The van der Waals surface area contributed by atoms with Crippen LogP contribution in [0, 0.1) is 0 Å². The molecule has 3 atom stereocenters. The number of aliphatic hydroxyl groups is 1. The fraction of sp³-hybridized carbons (Fsp3) is 0.636. The number of carbonyl (C=O) groups excluding carboxylic acids is 2. The van der Waals surface area contributed by atoms with E-state index in [9.17, 15) is 14.7 Å². The Labute approximate surface area is 209 Å². The molecule has 3 fully saturated rings. The first-order chi connectivity index (χ1) is 15.3. The standard InChI is InChI=1S/C22H29Cl2IN3O4/c1-22-14-32-13-18(25-26-6-2-3-7-26)21(22)27(8-9-28(22)20(31)12-29)19(30)11-15-4-5-16(23)17(24)10-15/h4-5,10,18,21,29H,2-3,6-9,11-14H2,1H3/q-1. The summed E-state index contributed by atoms with van der Waals surface area (Å²) in [5, 5.41) is 10.5. The second kappa shape index (κ2) is 10.3. The number of aliphatic hydroxyl groups excluding tert-OH is 1. The molecule has 1 aromatic carbocycles. The summed E-state index contributed by atoms with van der Waals surface area (Å²) in [5.74, 6) is -0.286. The Balaban J connectivity index is 1.61. The molecule has 3 saturated heterocycles. The van der Waals surface area contributed by atoms with E-state index in [1.165, 1.54) is 12.8 Å². The van der Waals surface area contributed by atoms with Gasteiger partial charge in [0.1, 0.15) is 0 Å². The Hall–Kier alpha value is -0.650. The number of alkyl halides is 1. The summed E-state index contributed by atoms with van der Waals surface area (Å²) < 4.78 is 8.75. The maximum absolute atomic E-state index is 13.5. The summed E-state index contributed by atoms with van der Waals surface area (Å²) in [6.07, 6.45) is 2.65. The quantitative estimate of drug-likeness (QED) is 0.263. The second-order valence-electron chi connectivity index (χ2n) is 8.76. The molecule has 3 unspecified atom stereocenters. The van der Waals surface area contributed by atoms with Crippen molar-refractivity contribution in [3.63, 3.8) is 0 Å². The van der Waals surface area contributed by atoms with Crippen LogP contribution in [0.5, 0.6) is 0 Å². The fourth-order valence-electron chi connectivity index (χ4n) is 5.05. The van der Waals surface area contributed by atoms with Gasteiger partial charge in [-0.15, -0.1) is 0 Å². The Kier molecular flexibility index (Phi) is 7.89. The predicted molar refractivity (Wildman–Crippen MR) is 118 cm³/mol. The third kappa shape index (κ3) is 4.90. The van der Waals surface area contributed by atoms with Crippen LogP contribution < -0.4 is 21.5 Å². The molecule has 32 heavy (non-hydrogen) atoms. The van der Waals surface area contributed by atoms with Crippen molar-refractivity contribution in [2.75, 3.05) is 46.0 Å². The first-order valence-corrected chi connectivity index (χ1v) is 13.9. The van der Waals surface area contributed by atoms with Crippen LogP contribution in [0.2, 0.25) is 10.0 Å². The number of carbonyl (C=O) groups is 2. The molecule has 2 amide bonds. The van der Waals surface area contributed by atoms with Gasteiger partial charge in [-0.2, -0.15) is 0 Å². The molecule has 0 saturated carbocycles. The maximum atomic E-state index is 13.5. The van der Waals surface area contributed by atoms with E-state index in [-0.39, 0.29) is 49.7 Å². The van der Waals surface area contributed by atoms with E-state index >= 15 is 0 Å². The molecule has 3 aliphatic rings. The fourth-order valence-corrected chi connectivity index (χ4v) is 9.51. The van der Waals surface area contributed by atoms with Gasteiger partial charge in [-0.1, -0.05) is 0 Å². The summed E-state index contributed by atoms with van der Waals surface area (Å²) in [4.78, 5) is 29.8.